The number of ether oxygens (including phenoxy) is 2. The van der Waals surface area contributed by atoms with E-state index in [0.717, 1.165) is 5.56 Å². The van der Waals surface area contributed by atoms with Gasteiger partial charge in [0, 0.05) is 11.8 Å². The molecule has 0 heterocycles. The molecule has 0 saturated carbocycles. The Kier molecular flexibility index (Phi) is 3.72. The topological polar surface area (TPSA) is 44.5 Å². The first-order valence-corrected chi connectivity index (χ1v) is 5.81. The van der Waals surface area contributed by atoms with Gasteiger partial charge in [-0.1, -0.05) is 29.8 Å². The van der Waals surface area contributed by atoms with E-state index in [2.05, 4.69) is 19.1 Å². The fraction of sp³-hybridized carbons (Fsp3) is 0.200. The summed E-state index contributed by atoms with van der Waals surface area (Å²) in [7, 11) is 1.62. The van der Waals surface area contributed by atoms with Crippen LogP contribution in [0.2, 0.25) is 0 Å². The van der Waals surface area contributed by atoms with Gasteiger partial charge >= 0.3 is 0 Å². The Hall–Kier alpha value is -2.16. The van der Waals surface area contributed by atoms with Gasteiger partial charge in [0.25, 0.3) is 0 Å². The van der Waals surface area contributed by atoms with Crippen molar-refractivity contribution < 1.29 is 9.47 Å². The Balaban J connectivity index is 2.09. The molecule has 0 aromatic heterocycles. The molecular weight excluding hydrogens is 226 g/mol. The molecule has 2 rings (SSSR count). The first-order chi connectivity index (χ1) is 8.69. The summed E-state index contributed by atoms with van der Waals surface area (Å²) >= 11 is 0. The van der Waals surface area contributed by atoms with Crippen LogP contribution >= 0.6 is 0 Å². The zero-order chi connectivity index (χ0) is 13.0. The molecule has 0 aliphatic carbocycles. The quantitative estimate of drug-likeness (QED) is 0.839. The second kappa shape index (κ2) is 5.45. The summed E-state index contributed by atoms with van der Waals surface area (Å²) in [5, 5.41) is 0. The number of benzene rings is 2. The van der Waals surface area contributed by atoms with Crippen molar-refractivity contribution in [1.29, 1.82) is 0 Å². The number of nitrogen functional groups attached to an aromatic ring is 1. The maximum absolute atomic E-state index is 5.74. The van der Waals surface area contributed by atoms with E-state index in [1.807, 2.05) is 12.1 Å². The van der Waals surface area contributed by atoms with Crippen LogP contribution in [-0.2, 0) is 6.61 Å². The van der Waals surface area contributed by atoms with Crippen LogP contribution in [0.3, 0.4) is 0 Å². The molecule has 0 aliphatic heterocycles. The predicted octanol–water partition coefficient (Wildman–Crippen LogP) is 3.16. The number of hydrogen-bond acceptors (Lipinski definition) is 3. The predicted molar refractivity (Wildman–Crippen MR) is 72.9 cm³/mol. The molecule has 0 unspecified atom stereocenters. The molecule has 0 saturated heterocycles. The van der Waals surface area contributed by atoms with Crippen LogP contribution in [0, 0.1) is 6.92 Å². The van der Waals surface area contributed by atoms with Crippen molar-refractivity contribution in [2.45, 2.75) is 13.5 Å². The summed E-state index contributed by atoms with van der Waals surface area (Å²) < 4.78 is 11.0. The minimum absolute atomic E-state index is 0.500. The highest BCUT2D eigenvalue weighted by Gasteiger charge is 2.04. The first-order valence-electron chi connectivity index (χ1n) is 5.81. The summed E-state index contributed by atoms with van der Waals surface area (Å²) in [6.07, 6.45) is 0. The lowest BCUT2D eigenvalue weighted by atomic mass is 10.2. The van der Waals surface area contributed by atoms with Gasteiger partial charge in [0.1, 0.15) is 6.61 Å². The lowest BCUT2D eigenvalue weighted by Crippen LogP contribution is -1.98. The van der Waals surface area contributed by atoms with Gasteiger partial charge in [0.15, 0.2) is 11.5 Å². The van der Waals surface area contributed by atoms with Gasteiger partial charge in [0.05, 0.1) is 7.11 Å². The Bertz CT molecular complexity index is 521. The highest BCUT2D eigenvalue weighted by molar-refractivity contribution is 5.52. The van der Waals surface area contributed by atoms with E-state index in [1.165, 1.54) is 5.56 Å². The molecule has 0 amide bonds. The Morgan fingerprint density at radius 3 is 2.39 bits per heavy atom. The van der Waals surface area contributed by atoms with E-state index in [1.54, 1.807) is 25.3 Å². The molecule has 0 fully saturated rings. The molecular formula is C15H17NO2. The van der Waals surface area contributed by atoms with E-state index >= 15 is 0 Å². The summed E-state index contributed by atoms with van der Waals surface area (Å²) in [6.45, 7) is 2.56. The molecule has 0 radical (unpaired) electrons. The number of rotatable bonds is 4. The SMILES string of the molecule is COc1ccc(N)cc1OCc1ccc(C)cc1. The van der Waals surface area contributed by atoms with Crippen molar-refractivity contribution >= 4 is 5.69 Å². The van der Waals surface area contributed by atoms with Crippen LogP contribution in [0.4, 0.5) is 5.69 Å². The molecule has 3 nitrogen and oxygen atoms in total. The van der Waals surface area contributed by atoms with Crippen LogP contribution < -0.4 is 15.2 Å². The number of anilines is 1. The molecule has 3 heteroatoms. The molecule has 0 bridgehead atoms. The molecule has 0 aliphatic rings. The molecule has 18 heavy (non-hydrogen) atoms. The number of aryl methyl sites for hydroxylation is 1. The van der Waals surface area contributed by atoms with Crippen molar-refractivity contribution in [3.05, 3.63) is 53.6 Å². The standard InChI is InChI=1S/C15H17NO2/c1-11-3-5-12(6-4-11)10-18-15-9-13(16)7-8-14(15)17-2/h3-9H,10,16H2,1-2H3. The monoisotopic (exact) mass is 243 g/mol. The van der Waals surface area contributed by atoms with Crippen molar-refractivity contribution in [1.82, 2.24) is 0 Å². The number of nitrogens with two attached hydrogens (primary N) is 1. The van der Waals surface area contributed by atoms with Crippen LogP contribution in [-0.4, -0.2) is 7.11 Å². The Morgan fingerprint density at radius 2 is 1.72 bits per heavy atom. The lowest BCUT2D eigenvalue weighted by molar-refractivity contribution is 0.284. The van der Waals surface area contributed by atoms with Crippen LogP contribution in [0.5, 0.6) is 11.5 Å². The minimum Gasteiger partial charge on any atom is -0.493 e. The third-order valence-corrected chi connectivity index (χ3v) is 2.70. The summed E-state index contributed by atoms with van der Waals surface area (Å²) in [5.41, 5.74) is 8.75. The zero-order valence-electron chi connectivity index (χ0n) is 10.6. The maximum atomic E-state index is 5.74. The fourth-order valence-electron chi connectivity index (χ4n) is 1.65. The average Bonchev–Trinajstić information content (AvgIpc) is 2.38. The van der Waals surface area contributed by atoms with Crippen LogP contribution in [0.1, 0.15) is 11.1 Å². The largest absolute Gasteiger partial charge is 0.493 e. The van der Waals surface area contributed by atoms with Gasteiger partial charge in [0.2, 0.25) is 0 Å². The molecule has 2 aromatic rings. The molecule has 94 valence electrons. The maximum Gasteiger partial charge on any atom is 0.163 e. The lowest BCUT2D eigenvalue weighted by Gasteiger charge is -2.11. The van der Waals surface area contributed by atoms with Crippen LogP contribution in [0.25, 0.3) is 0 Å². The van der Waals surface area contributed by atoms with E-state index in [-0.39, 0.29) is 0 Å². The summed E-state index contributed by atoms with van der Waals surface area (Å²) in [5.74, 6) is 1.36. The average molecular weight is 243 g/mol. The highest BCUT2D eigenvalue weighted by atomic mass is 16.5. The van der Waals surface area contributed by atoms with Gasteiger partial charge in [-0.3, -0.25) is 0 Å². The Labute approximate surface area is 107 Å². The normalized spacial score (nSPS) is 10.1. The van der Waals surface area contributed by atoms with E-state index < -0.39 is 0 Å². The molecule has 0 spiro atoms. The van der Waals surface area contributed by atoms with Crippen molar-refractivity contribution in [2.75, 3.05) is 12.8 Å². The van der Waals surface area contributed by atoms with E-state index in [9.17, 15) is 0 Å². The number of hydrogen-bond donors (Lipinski definition) is 1. The second-order valence-corrected chi connectivity index (χ2v) is 4.18. The third-order valence-electron chi connectivity index (χ3n) is 2.70. The summed E-state index contributed by atoms with van der Waals surface area (Å²) in [4.78, 5) is 0. The zero-order valence-corrected chi connectivity index (χ0v) is 10.6. The van der Waals surface area contributed by atoms with Gasteiger partial charge < -0.3 is 15.2 Å². The third kappa shape index (κ3) is 2.94. The second-order valence-electron chi connectivity index (χ2n) is 4.18. The first kappa shape index (κ1) is 12.3. The fourth-order valence-corrected chi connectivity index (χ4v) is 1.65. The van der Waals surface area contributed by atoms with Crippen molar-refractivity contribution in [3.63, 3.8) is 0 Å². The highest BCUT2D eigenvalue weighted by Crippen LogP contribution is 2.29. The smallest absolute Gasteiger partial charge is 0.163 e. The van der Waals surface area contributed by atoms with Gasteiger partial charge in [-0.2, -0.15) is 0 Å². The molecule has 2 N–H and O–H groups in total. The molecule has 2 aromatic carbocycles. The van der Waals surface area contributed by atoms with Gasteiger partial charge in [-0.25, -0.2) is 0 Å². The Morgan fingerprint density at radius 1 is 1.00 bits per heavy atom. The molecule has 0 atom stereocenters. The van der Waals surface area contributed by atoms with Crippen molar-refractivity contribution in [3.8, 4) is 11.5 Å². The van der Waals surface area contributed by atoms with Gasteiger partial charge in [-0.15, -0.1) is 0 Å². The van der Waals surface area contributed by atoms with E-state index in [0.29, 0.717) is 23.8 Å². The van der Waals surface area contributed by atoms with Crippen molar-refractivity contribution in [2.24, 2.45) is 0 Å². The van der Waals surface area contributed by atoms with Crippen LogP contribution in [0.15, 0.2) is 42.5 Å². The van der Waals surface area contributed by atoms with E-state index in [4.69, 9.17) is 15.2 Å². The minimum atomic E-state index is 0.500. The number of methoxy groups -OCH3 is 1. The van der Waals surface area contributed by atoms with Gasteiger partial charge in [-0.05, 0) is 24.6 Å². The summed E-state index contributed by atoms with van der Waals surface area (Å²) in [6, 6.07) is 13.6.